The van der Waals surface area contributed by atoms with Gasteiger partial charge in [0.25, 0.3) is 0 Å². The van der Waals surface area contributed by atoms with Crippen LogP contribution in [-0.4, -0.2) is 48.9 Å². The van der Waals surface area contributed by atoms with Gasteiger partial charge in [0.1, 0.15) is 6.04 Å². The van der Waals surface area contributed by atoms with E-state index in [-0.39, 0.29) is 29.7 Å². The molecule has 2 aliphatic heterocycles. The van der Waals surface area contributed by atoms with Gasteiger partial charge in [0.05, 0.1) is 5.92 Å². The van der Waals surface area contributed by atoms with E-state index in [1.807, 2.05) is 13.8 Å². The molecule has 0 radical (unpaired) electrons. The van der Waals surface area contributed by atoms with Gasteiger partial charge in [-0.25, -0.2) is 0 Å². The average Bonchev–Trinajstić information content (AvgIpc) is 2.80. The molecule has 0 bridgehead atoms. The highest BCUT2D eigenvalue weighted by Gasteiger charge is 2.38. The Morgan fingerprint density at radius 2 is 2.18 bits per heavy atom. The van der Waals surface area contributed by atoms with Crippen LogP contribution in [0.15, 0.2) is 0 Å². The fraction of sp³-hybridized carbons (Fsp3) is 0.833. The second kappa shape index (κ2) is 5.04. The van der Waals surface area contributed by atoms with Crippen LogP contribution in [0.4, 0.5) is 0 Å². The Bertz CT molecular complexity index is 311. The highest BCUT2D eigenvalue weighted by Crippen LogP contribution is 2.19. The van der Waals surface area contributed by atoms with Gasteiger partial charge < -0.3 is 15.5 Å². The fourth-order valence-corrected chi connectivity index (χ4v) is 2.69. The van der Waals surface area contributed by atoms with Crippen molar-refractivity contribution in [1.29, 1.82) is 0 Å². The van der Waals surface area contributed by atoms with E-state index < -0.39 is 0 Å². The fourth-order valence-electron chi connectivity index (χ4n) is 2.69. The maximum Gasteiger partial charge on any atom is 0.243 e. The van der Waals surface area contributed by atoms with Crippen LogP contribution in [0.5, 0.6) is 0 Å². The van der Waals surface area contributed by atoms with Crippen molar-refractivity contribution in [2.75, 3.05) is 26.2 Å². The van der Waals surface area contributed by atoms with Gasteiger partial charge in [-0.3, -0.25) is 9.59 Å². The van der Waals surface area contributed by atoms with Crippen LogP contribution < -0.4 is 10.6 Å². The summed E-state index contributed by atoms with van der Waals surface area (Å²) in [6, 6.07) is -0.295. The first-order chi connectivity index (χ1) is 8.11. The largest absolute Gasteiger partial charge is 0.353 e. The minimum atomic E-state index is -0.295. The zero-order valence-electron chi connectivity index (χ0n) is 10.5. The third-order valence-corrected chi connectivity index (χ3v) is 3.58. The summed E-state index contributed by atoms with van der Waals surface area (Å²) in [5.74, 6) is 0.352. The highest BCUT2D eigenvalue weighted by atomic mass is 16.2. The Labute approximate surface area is 102 Å². The predicted molar refractivity (Wildman–Crippen MR) is 64.3 cm³/mol. The standard InChI is InChI=1S/C12H21N3O2/c1-8(2)10-11(16)14-5-6-15(10)12(17)9-3-4-13-7-9/h8-10,13H,3-7H2,1-2H3,(H,14,16). The monoisotopic (exact) mass is 239 g/mol. The molecule has 0 aromatic heterocycles. The van der Waals surface area contributed by atoms with Crippen LogP contribution >= 0.6 is 0 Å². The van der Waals surface area contributed by atoms with E-state index in [1.165, 1.54) is 0 Å². The predicted octanol–water partition coefficient (Wildman–Crippen LogP) is -0.421. The van der Waals surface area contributed by atoms with Crippen LogP contribution in [0.2, 0.25) is 0 Å². The molecule has 2 atom stereocenters. The quantitative estimate of drug-likeness (QED) is 0.688. The van der Waals surface area contributed by atoms with Gasteiger partial charge in [-0.1, -0.05) is 13.8 Å². The van der Waals surface area contributed by atoms with E-state index in [1.54, 1.807) is 4.90 Å². The molecule has 5 heteroatoms. The molecule has 0 spiro atoms. The number of rotatable bonds is 2. The molecule has 2 rings (SSSR count). The summed E-state index contributed by atoms with van der Waals surface area (Å²) in [5, 5.41) is 6.04. The van der Waals surface area contributed by atoms with Gasteiger partial charge in [0, 0.05) is 19.6 Å². The molecule has 96 valence electrons. The summed E-state index contributed by atoms with van der Waals surface area (Å²) in [5.41, 5.74) is 0. The van der Waals surface area contributed by atoms with Gasteiger partial charge in [-0.2, -0.15) is 0 Å². The van der Waals surface area contributed by atoms with E-state index in [2.05, 4.69) is 10.6 Å². The number of hydrogen-bond acceptors (Lipinski definition) is 3. The number of amides is 2. The van der Waals surface area contributed by atoms with E-state index in [4.69, 9.17) is 0 Å². The molecule has 2 heterocycles. The Balaban J connectivity index is 2.10. The third-order valence-electron chi connectivity index (χ3n) is 3.58. The number of nitrogens with one attached hydrogen (secondary N) is 2. The lowest BCUT2D eigenvalue weighted by atomic mass is 9.97. The smallest absolute Gasteiger partial charge is 0.243 e. The van der Waals surface area contributed by atoms with E-state index in [0.717, 1.165) is 19.5 Å². The van der Waals surface area contributed by atoms with Crippen LogP contribution in [0.25, 0.3) is 0 Å². The first-order valence-corrected chi connectivity index (χ1v) is 6.40. The molecule has 0 aromatic carbocycles. The average molecular weight is 239 g/mol. The zero-order chi connectivity index (χ0) is 12.4. The van der Waals surface area contributed by atoms with Gasteiger partial charge in [-0.05, 0) is 18.9 Å². The number of nitrogens with zero attached hydrogens (tertiary/aromatic N) is 1. The summed E-state index contributed by atoms with van der Waals surface area (Å²) in [4.78, 5) is 26.0. The highest BCUT2D eigenvalue weighted by molar-refractivity contribution is 5.90. The number of carbonyl (C=O) groups excluding carboxylic acids is 2. The van der Waals surface area contributed by atoms with Crippen LogP contribution in [0.1, 0.15) is 20.3 Å². The van der Waals surface area contributed by atoms with Crippen molar-refractivity contribution >= 4 is 11.8 Å². The molecule has 5 nitrogen and oxygen atoms in total. The number of hydrogen-bond donors (Lipinski definition) is 2. The van der Waals surface area contributed by atoms with Crippen LogP contribution in [0.3, 0.4) is 0 Å². The summed E-state index contributed by atoms with van der Waals surface area (Å²) in [6.07, 6.45) is 0.891. The van der Waals surface area contributed by atoms with Crippen molar-refractivity contribution in [2.24, 2.45) is 11.8 Å². The second-order valence-electron chi connectivity index (χ2n) is 5.20. The van der Waals surface area contributed by atoms with Crippen LogP contribution in [-0.2, 0) is 9.59 Å². The Morgan fingerprint density at radius 1 is 1.41 bits per heavy atom. The molecule has 2 amide bonds. The lowest BCUT2D eigenvalue weighted by molar-refractivity contribution is -0.147. The van der Waals surface area contributed by atoms with E-state index in [9.17, 15) is 9.59 Å². The first kappa shape index (κ1) is 12.4. The minimum Gasteiger partial charge on any atom is -0.353 e. The topological polar surface area (TPSA) is 61.4 Å². The summed E-state index contributed by atoms with van der Waals surface area (Å²) in [6.45, 7) is 6.86. The summed E-state index contributed by atoms with van der Waals surface area (Å²) < 4.78 is 0. The van der Waals surface area contributed by atoms with Crippen molar-refractivity contribution in [2.45, 2.75) is 26.3 Å². The van der Waals surface area contributed by atoms with E-state index in [0.29, 0.717) is 13.1 Å². The molecule has 0 aliphatic carbocycles. The third kappa shape index (κ3) is 2.44. The molecule has 2 aliphatic rings. The summed E-state index contributed by atoms with van der Waals surface area (Å²) in [7, 11) is 0. The van der Waals surface area contributed by atoms with Gasteiger partial charge in [0.2, 0.25) is 11.8 Å². The molecular weight excluding hydrogens is 218 g/mol. The lowest BCUT2D eigenvalue weighted by Gasteiger charge is -2.38. The molecule has 0 saturated carbocycles. The Morgan fingerprint density at radius 3 is 2.76 bits per heavy atom. The molecule has 2 unspecified atom stereocenters. The molecule has 17 heavy (non-hydrogen) atoms. The summed E-state index contributed by atoms with van der Waals surface area (Å²) >= 11 is 0. The van der Waals surface area contributed by atoms with Crippen molar-refractivity contribution in [1.82, 2.24) is 15.5 Å². The van der Waals surface area contributed by atoms with Crippen molar-refractivity contribution in [3.8, 4) is 0 Å². The molecule has 2 saturated heterocycles. The maximum absolute atomic E-state index is 12.4. The molecular formula is C12H21N3O2. The molecule has 0 aromatic rings. The number of carbonyl (C=O) groups is 2. The second-order valence-corrected chi connectivity index (χ2v) is 5.20. The molecule has 2 fully saturated rings. The van der Waals surface area contributed by atoms with Gasteiger partial charge in [0.15, 0.2) is 0 Å². The Hall–Kier alpha value is -1.10. The van der Waals surface area contributed by atoms with Crippen molar-refractivity contribution in [3.63, 3.8) is 0 Å². The maximum atomic E-state index is 12.4. The normalized spacial score (nSPS) is 29.6. The van der Waals surface area contributed by atoms with Gasteiger partial charge >= 0.3 is 0 Å². The molecule has 2 N–H and O–H groups in total. The minimum absolute atomic E-state index is 0.00874. The van der Waals surface area contributed by atoms with E-state index >= 15 is 0 Å². The number of piperazine rings is 1. The van der Waals surface area contributed by atoms with Crippen molar-refractivity contribution in [3.05, 3.63) is 0 Å². The SMILES string of the molecule is CC(C)C1C(=O)NCCN1C(=O)C1CCNC1. The first-order valence-electron chi connectivity index (χ1n) is 6.40. The Kier molecular flexibility index (Phi) is 3.66. The zero-order valence-corrected chi connectivity index (χ0v) is 10.5. The van der Waals surface area contributed by atoms with Crippen LogP contribution in [0, 0.1) is 11.8 Å². The van der Waals surface area contributed by atoms with Gasteiger partial charge in [-0.15, -0.1) is 0 Å². The van der Waals surface area contributed by atoms with Crippen molar-refractivity contribution < 1.29 is 9.59 Å². The lowest BCUT2D eigenvalue weighted by Crippen LogP contribution is -2.60.